The number of hydrogen-bond donors (Lipinski definition) is 1. The predicted octanol–water partition coefficient (Wildman–Crippen LogP) is 9.12. The minimum atomic E-state index is -2.30. The van der Waals surface area contributed by atoms with Gasteiger partial charge in [0.15, 0.2) is 12.6 Å². The molecule has 1 N–H and O–H groups in total. The van der Waals surface area contributed by atoms with Crippen molar-refractivity contribution in [3.05, 3.63) is 47.7 Å². The number of carbonyl (C=O) groups is 1. The summed E-state index contributed by atoms with van der Waals surface area (Å²) in [6.45, 7) is 15.8. The second kappa shape index (κ2) is 17.2. The second-order valence-electron chi connectivity index (χ2n) is 17.6. The molecule has 0 bridgehead atoms. The molecule has 4 aromatic rings. The van der Waals surface area contributed by atoms with Gasteiger partial charge in [0.2, 0.25) is 0 Å². The van der Waals surface area contributed by atoms with E-state index in [2.05, 4.69) is 65.0 Å². The Morgan fingerprint density at radius 1 is 0.983 bits per heavy atom. The van der Waals surface area contributed by atoms with Crippen LogP contribution in [0.2, 0.25) is 16.6 Å². The fourth-order valence-electron chi connectivity index (χ4n) is 10.5. The highest BCUT2D eigenvalue weighted by molar-refractivity contribution is 6.90. The highest BCUT2D eigenvalue weighted by Gasteiger charge is 2.47. The van der Waals surface area contributed by atoms with Gasteiger partial charge in [0.05, 0.1) is 17.6 Å². The number of halogens is 2. The van der Waals surface area contributed by atoms with E-state index in [1.807, 2.05) is 4.90 Å². The van der Waals surface area contributed by atoms with E-state index in [9.17, 15) is 9.90 Å². The smallest absolute Gasteiger partial charge is 0.407 e. The van der Waals surface area contributed by atoms with Crippen LogP contribution in [0.3, 0.4) is 0 Å². The molecule has 7 rings (SSSR count). The van der Waals surface area contributed by atoms with Crippen molar-refractivity contribution in [1.29, 1.82) is 0 Å². The lowest BCUT2D eigenvalue weighted by Gasteiger charge is -2.44. The Balaban J connectivity index is 1.41. The number of fused-ring (bicyclic) bond motifs is 3. The van der Waals surface area contributed by atoms with Crippen LogP contribution in [0.4, 0.5) is 19.4 Å². The van der Waals surface area contributed by atoms with Gasteiger partial charge in [0, 0.05) is 61.9 Å². The number of rotatable bonds is 11. The van der Waals surface area contributed by atoms with Crippen molar-refractivity contribution in [2.24, 2.45) is 5.41 Å². The third kappa shape index (κ3) is 7.93. The predicted molar refractivity (Wildman–Crippen MR) is 230 cm³/mol. The zero-order valence-electron chi connectivity index (χ0n) is 35.7. The van der Waals surface area contributed by atoms with Crippen LogP contribution >= 0.6 is 0 Å². The monoisotopic (exact) mass is 828 g/mol. The molecule has 316 valence electrons. The Morgan fingerprint density at radius 2 is 1.69 bits per heavy atom. The normalized spacial score (nSPS) is 20.1. The Labute approximate surface area is 347 Å². The number of nitrogens with zero attached hydrogens (tertiary/aromatic N) is 6. The van der Waals surface area contributed by atoms with Gasteiger partial charge in [0.25, 0.3) is 0 Å². The van der Waals surface area contributed by atoms with E-state index >= 15 is 8.78 Å². The lowest BCUT2D eigenvalue weighted by atomic mass is 9.76. The minimum Gasteiger partial charge on any atom is -0.468 e. The summed E-state index contributed by atoms with van der Waals surface area (Å²) < 4.78 is 51.5. The van der Waals surface area contributed by atoms with Gasteiger partial charge in [-0.15, -0.1) is 5.54 Å². The number of aromatic nitrogens is 3. The molecule has 0 unspecified atom stereocenters. The molecule has 1 aliphatic carbocycles. The van der Waals surface area contributed by atoms with Crippen LogP contribution < -0.4 is 14.4 Å². The Morgan fingerprint density at radius 3 is 2.37 bits per heavy atom. The fraction of sp³-hybridized carbons (Fsp3) is 0.556. The standard InChI is InChI=1S/C45H58F2N6O5Si/c1-28(2)59(29(3)4,30(5)6)22-14-33-36(46)13-12-31-23-32(58-27-56-8)24-34(38(31)33)40-39(47)41-35(25-48-40)42(52-18-20-53(21-19-52)44(54)55)50-43(49-41)57-26-45-15-9-11-37(45)51(7)17-10-16-45/h12-13,23-25,28-30,37H,9-11,15-21,26-27H2,1-8H3,(H,54,55)/t37-,45-/m1/s1. The lowest BCUT2D eigenvalue weighted by Crippen LogP contribution is -2.50. The average molecular weight is 829 g/mol. The van der Waals surface area contributed by atoms with Crippen molar-refractivity contribution in [3.8, 4) is 34.5 Å². The maximum Gasteiger partial charge on any atom is 0.407 e. The van der Waals surface area contributed by atoms with Gasteiger partial charge in [-0.05, 0) is 79.5 Å². The van der Waals surface area contributed by atoms with Crippen LogP contribution in [-0.4, -0.2) is 110 Å². The third-order valence-corrected chi connectivity index (χ3v) is 19.8. The summed E-state index contributed by atoms with van der Waals surface area (Å²) in [5.74, 6) is 2.92. The van der Waals surface area contributed by atoms with Crippen LogP contribution in [0, 0.1) is 28.5 Å². The number of hydrogen-bond acceptors (Lipinski definition) is 9. The van der Waals surface area contributed by atoms with E-state index in [-0.39, 0.29) is 48.1 Å². The first-order chi connectivity index (χ1) is 28.2. The number of carboxylic acid groups (broad SMARTS) is 1. The molecule has 2 aliphatic heterocycles. The molecular formula is C45H58F2N6O5Si. The molecule has 1 amide bonds. The zero-order chi connectivity index (χ0) is 42.2. The number of benzene rings is 2. The summed E-state index contributed by atoms with van der Waals surface area (Å²) in [4.78, 5) is 31.9. The van der Waals surface area contributed by atoms with Crippen molar-refractivity contribution in [2.75, 3.05) is 65.2 Å². The number of amides is 1. The number of anilines is 1. The summed E-state index contributed by atoms with van der Waals surface area (Å²) in [5, 5.41) is 11.0. The molecule has 0 spiro atoms. The zero-order valence-corrected chi connectivity index (χ0v) is 36.7. The summed E-state index contributed by atoms with van der Waals surface area (Å²) in [6.07, 6.45) is 5.92. The first kappa shape index (κ1) is 42.5. The number of likely N-dealkylation sites (tertiary alicyclic amines) is 1. The first-order valence-electron chi connectivity index (χ1n) is 21.0. The Hall–Kier alpha value is -4.58. The van der Waals surface area contributed by atoms with Gasteiger partial charge in [-0.2, -0.15) is 9.97 Å². The lowest BCUT2D eigenvalue weighted by molar-refractivity contribution is 0.0133. The maximum absolute atomic E-state index is 17.6. The van der Waals surface area contributed by atoms with Crippen molar-refractivity contribution in [3.63, 3.8) is 0 Å². The van der Waals surface area contributed by atoms with Gasteiger partial charge in [-0.25, -0.2) is 13.6 Å². The molecule has 3 aliphatic rings. The van der Waals surface area contributed by atoms with E-state index in [0.717, 1.165) is 38.6 Å². The van der Waals surface area contributed by atoms with Gasteiger partial charge < -0.3 is 34.0 Å². The van der Waals surface area contributed by atoms with Crippen LogP contribution in [0.1, 0.15) is 79.2 Å². The van der Waals surface area contributed by atoms with Gasteiger partial charge >= 0.3 is 12.1 Å². The van der Waals surface area contributed by atoms with Crippen LogP contribution in [-0.2, 0) is 4.74 Å². The number of pyridine rings is 1. The Kier molecular flexibility index (Phi) is 12.4. The van der Waals surface area contributed by atoms with Crippen LogP contribution in [0.15, 0.2) is 30.5 Å². The van der Waals surface area contributed by atoms with Crippen molar-refractivity contribution < 1.29 is 32.9 Å². The quantitative estimate of drug-likeness (QED) is 0.0893. The average Bonchev–Trinajstić information content (AvgIpc) is 3.65. The summed E-state index contributed by atoms with van der Waals surface area (Å²) in [7, 11) is 1.39. The molecule has 2 atom stereocenters. The summed E-state index contributed by atoms with van der Waals surface area (Å²) >= 11 is 0. The van der Waals surface area contributed by atoms with Gasteiger partial charge in [-0.3, -0.25) is 4.98 Å². The third-order valence-electron chi connectivity index (χ3n) is 13.5. The van der Waals surface area contributed by atoms with Crippen molar-refractivity contribution >= 4 is 41.7 Å². The number of piperazine rings is 1. The molecule has 59 heavy (non-hydrogen) atoms. The molecule has 2 aromatic heterocycles. The highest BCUT2D eigenvalue weighted by Crippen LogP contribution is 2.48. The van der Waals surface area contributed by atoms with Crippen LogP contribution in [0.25, 0.3) is 32.9 Å². The topological polar surface area (TPSA) is 113 Å². The van der Waals surface area contributed by atoms with E-state index in [1.165, 1.54) is 18.1 Å². The molecule has 14 heteroatoms. The largest absolute Gasteiger partial charge is 0.468 e. The molecule has 0 radical (unpaired) electrons. The molecule has 2 saturated heterocycles. The molecule has 11 nitrogen and oxygen atoms in total. The molecule has 3 fully saturated rings. The van der Waals surface area contributed by atoms with Gasteiger partial charge in [0.1, 0.15) is 36.7 Å². The Bertz CT molecular complexity index is 2250. The first-order valence-corrected chi connectivity index (χ1v) is 23.3. The summed E-state index contributed by atoms with van der Waals surface area (Å²) in [5.41, 5.74) is 5.01. The SMILES string of the molecule is COCOc1cc(-c2ncc3c(N4CCN(C(=O)O)CC4)nc(OC[C@]45CCC[C@H]4N(C)CCC5)nc3c2F)c2c(C#C[Si](C(C)C)(C(C)C)C(C)C)c(F)ccc2c1. The van der Waals surface area contributed by atoms with Crippen LogP contribution in [0.5, 0.6) is 11.8 Å². The maximum atomic E-state index is 17.6. The molecule has 2 aromatic carbocycles. The van der Waals surface area contributed by atoms with Crippen molar-refractivity contribution in [1.82, 2.24) is 24.8 Å². The van der Waals surface area contributed by atoms with Crippen molar-refractivity contribution in [2.45, 2.75) is 96.3 Å². The molecular weight excluding hydrogens is 771 g/mol. The highest BCUT2D eigenvalue weighted by atomic mass is 28.3. The summed E-state index contributed by atoms with van der Waals surface area (Å²) in [6, 6.07) is 6.92. The van der Waals surface area contributed by atoms with E-state index in [1.54, 1.807) is 24.4 Å². The van der Waals surface area contributed by atoms with Gasteiger partial charge in [-0.1, -0.05) is 60.0 Å². The number of ether oxygens (including phenoxy) is 3. The molecule has 1 saturated carbocycles. The fourth-order valence-corrected chi connectivity index (χ4v) is 15.8. The van der Waals surface area contributed by atoms with E-state index in [4.69, 9.17) is 29.2 Å². The second-order valence-corrected chi connectivity index (χ2v) is 23.2. The minimum absolute atomic E-state index is 0.00291. The van der Waals surface area contributed by atoms with E-state index in [0.29, 0.717) is 75.7 Å². The number of methoxy groups -OCH3 is 1. The molecule has 4 heterocycles. The van der Waals surface area contributed by atoms with E-state index < -0.39 is 25.8 Å². The number of piperidine rings is 1.